The van der Waals surface area contributed by atoms with Crippen LogP contribution in [0.3, 0.4) is 0 Å². The number of pyridine rings is 1. The summed E-state index contributed by atoms with van der Waals surface area (Å²) >= 11 is 0. The highest BCUT2D eigenvalue weighted by Crippen LogP contribution is 2.25. The Labute approximate surface area is 139 Å². The zero-order chi connectivity index (χ0) is 17.1. The summed E-state index contributed by atoms with van der Waals surface area (Å²) in [5.74, 6) is -1.15. The molecule has 1 aromatic heterocycles. The van der Waals surface area contributed by atoms with Gasteiger partial charge in [0, 0.05) is 25.7 Å². The Kier molecular flexibility index (Phi) is 4.55. The van der Waals surface area contributed by atoms with Gasteiger partial charge in [0.15, 0.2) is 0 Å². The molecule has 0 aliphatic carbocycles. The Hall–Kier alpha value is -2.76. The molecular formula is C18H18FN3O2. The van der Waals surface area contributed by atoms with Crippen LogP contribution in [0.5, 0.6) is 0 Å². The minimum absolute atomic E-state index is 0.185. The lowest BCUT2D eigenvalue weighted by Crippen LogP contribution is -2.52. The maximum Gasteiger partial charge on any atom is 0.256 e. The van der Waals surface area contributed by atoms with Gasteiger partial charge in [-0.2, -0.15) is 4.39 Å². The second-order valence-corrected chi connectivity index (χ2v) is 5.69. The lowest BCUT2D eigenvalue weighted by atomic mass is 9.93. The van der Waals surface area contributed by atoms with E-state index >= 15 is 0 Å². The molecule has 0 saturated carbocycles. The number of likely N-dealkylation sites (N-methyl/N-ethyl adjacent to an activating group) is 1. The van der Waals surface area contributed by atoms with E-state index in [1.807, 2.05) is 31.2 Å². The van der Waals surface area contributed by atoms with Gasteiger partial charge in [-0.1, -0.05) is 24.3 Å². The van der Waals surface area contributed by atoms with Crippen LogP contribution >= 0.6 is 0 Å². The van der Waals surface area contributed by atoms with Crippen LogP contribution in [0, 0.1) is 5.95 Å². The molecule has 0 radical (unpaired) electrons. The molecule has 2 amide bonds. The van der Waals surface area contributed by atoms with Crippen molar-refractivity contribution in [1.29, 1.82) is 0 Å². The van der Waals surface area contributed by atoms with Crippen LogP contribution in [0.4, 0.5) is 4.39 Å². The molecule has 124 valence electrons. The molecule has 0 saturated heterocycles. The fraction of sp³-hybridized carbons (Fsp3) is 0.278. The Balaban J connectivity index is 1.94. The van der Waals surface area contributed by atoms with E-state index in [0.717, 1.165) is 17.2 Å². The lowest BCUT2D eigenvalue weighted by molar-refractivity contribution is -0.126. The van der Waals surface area contributed by atoms with Gasteiger partial charge in [-0.3, -0.25) is 9.59 Å². The molecule has 2 aromatic rings. The van der Waals surface area contributed by atoms with Gasteiger partial charge in [0.05, 0.1) is 5.56 Å². The van der Waals surface area contributed by atoms with Crippen molar-refractivity contribution < 1.29 is 14.0 Å². The smallest absolute Gasteiger partial charge is 0.256 e. The van der Waals surface area contributed by atoms with Gasteiger partial charge < -0.3 is 10.2 Å². The molecule has 0 bridgehead atoms. The van der Waals surface area contributed by atoms with Crippen molar-refractivity contribution in [1.82, 2.24) is 15.2 Å². The quantitative estimate of drug-likeness (QED) is 0.876. The standard InChI is InChI=1S/C18H18FN3O2/c1-2-20-17(23)15-9-12-5-3-4-6-14(12)11-22(15)18(24)13-7-8-16(19)21-10-13/h3-8,10,15H,2,9,11H2,1H3,(H,20,23)/t15-/m1/s1. The van der Waals surface area contributed by atoms with Crippen LogP contribution in [-0.2, 0) is 17.8 Å². The molecule has 3 rings (SSSR count). The molecule has 0 spiro atoms. The van der Waals surface area contributed by atoms with Crippen molar-refractivity contribution >= 4 is 11.8 Å². The van der Waals surface area contributed by atoms with Crippen LogP contribution in [0.1, 0.15) is 28.4 Å². The summed E-state index contributed by atoms with van der Waals surface area (Å²) in [6, 6.07) is 9.71. The van der Waals surface area contributed by atoms with Gasteiger partial charge in [-0.15, -0.1) is 0 Å². The summed E-state index contributed by atoms with van der Waals surface area (Å²) in [6.07, 6.45) is 1.66. The number of halogens is 1. The number of benzene rings is 1. The predicted octanol–water partition coefficient (Wildman–Crippen LogP) is 1.92. The number of carbonyl (C=O) groups is 2. The second kappa shape index (κ2) is 6.78. The summed E-state index contributed by atoms with van der Waals surface area (Å²) in [4.78, 5) is 30.3. The fourth-order valence-corrected chi connectivity index (χ4v) is 2.93. The van der Waals surface area contributed by atoms with Crippen LogP contribution in [-0.4, -0.2) is 34.3 Å². The zero-order valence-corrected chi connectivity index (χ0v) is 13.3. The van der Waals surface area contributed by atoms with Gasteiger partial charge in [0.25, 0.3) is 5.91 Å². The average molecular weight is 327 g/mol. The number of aromatic nitrogens is 1. The number of carbonyl (C=O) groups excluding carboxylic acids is 2. The molecule has 1 N–H and O–H groups in total. The zero-order valence-electron chi connectivity index (χ0n) is 13.3. The van der Waals surface area contributed by atoms with Crippen molar-refractivity contribution in [3.63, 3.8) is 0 Å². The first kappa shape index (κ1) is 16.1. The Morgan fingerprint density at radius 3 is 2.67 bits per heavy atom. The van der Waals surface area contributed by atoms with E-state index in [0.29, 0.717) is 19.5 Å². The lowest BCUT2D eigenvalue weighted by Gasteiger charge is -2.36. The van der Waals surface area contributed by atoms with E-state index in [4.69, 9.17) is 0 Å². The van der Waals surface area contributed by atoms with E-state index in [1.54, 1.807) is 0 Å². The van der Waals surface area contributed by atoms with Crippen molar-refractivity contribution in [3.8, 4) is 0 Å². The molecule has 1 aromatic carbocycles. The van der Waals surface area contributed by atoms with E-state index < -0.39 is 12.0 Å². The molecule has 24 heavy (non-hydrogen) atoms. The summed E-state index contributed by atoms with van der Waals surface area (Å²) < 4.78 is 13.0. The number of nitrogens with zero attached hydrogens (tertiary/aromatic N) is 2. The highest BCUT2D eigenvalue weighted by Gasteiger charge is 2.34. The molecule has 1 aliphatic heterocycles. The minimum Gasteiger partial charge on any atom is -0.355 e. The van der Waals surface area contributed by atoms with Gasteiger partial charge in [0.2, 0.25) is 11.9 Å². The Bertz CT molecular complexity index is 761. The van der Waals surface area contributed by atoms with Crippen LogP contribution in [0.15, 0.2) is 42.6 Å². The number of rotatable bonds is 3. The monoisotopic (exact) mass is 327 g/mol. The first-order chi connectivity index (χ1) is 11.6. The molecule has 1 atom stereocenters. The number of amides is 2. The van der Waals surface area contributed by atoms with Crippen LogP contribution in [0.25, 0.3) is 0 Å². The maximum absolute atomic E-state index is 13.0. The second-order valence-electron chi connectivity index (χ2n) is 5.69. The van der Waals surface area contributed by atoms with Gasteiger partial charge in [-0.05, 0) is 30.2 Å². The van der Waals surface area contributed by atoms with Crippen molar-refractivity contribution in [2.75, 3.05) is 6.54 Å². The third-order valence-corrected chi connectivity index (χ3v) is 4.14. The normalized spacial score (nSPS) is 16.4. The number of fused-ring (bicyclic) bond motifs is 1. The fourth-order valence-electron chi connectivity index (χ4n) is 2.93. The van der Waals surface area contributed by atoms with Gasteiger partial charge in [-0.25, -0.2) is 4.98 Å². The van der Waals surface area contributed by atoms with Crippen molar-refractivity contribution in [2.45, 2.75) is 25.9 Å². The molecule has 0 unspecified atom stereocenters. The summed E-state index contributed by atoms with van der Waals surface area (Å²) in [6.45, 7) is 2.68. The van der Waals surface area contributed by atoms with E-state index in [9.17, 15) is 14.0 Å². The first-order valence-corrected chi connectivity index (χ1v) is 7.87. The highest BCUT2D eigenvalue weighted by atomic mass is 19.1. The number of nitrogens with one attached hydrogen (secondary N) is 1. The number of hydrogen-bond donors (Lipinski definition) is 1. The average Bonchev–Trinajstić information content (AvgIpc) is 2.61. The third-order valence-electron chi connectivity index (χ3n) is 4.14. The molecular weight excluding hydrogens is 309 g/mol. The largest absolute Gasteiger partial charge is 0.355 e. The number of hydrogen-bond acceptors (Lipinski definition) is 3. The summed E-state index contributed by atoms with van der Waals surface area (Å²) in [7, 11) is 0. The molecule has 5 nitrogen and oxygen atoms in total. The van der Waals surface area contributed by atoms with Gasteiger partial charge >= 0.3 is 0 Å². The Morgan fingerprint density at radius 1 is 1.25 bits per heavy atom. The summed E-state index contributed by atoms with van der Waals surface area (Å²) in [5.41, 5.74) is 2.35. The van der Waals surface area contributed by atoms with Crippen LogP contribution in [0.2, 0.25) is 0 Å². The maximum atomic E-state index is 13.0. The first-order valence-electron chi connectivity index (χ1n) is 7.87. The Morgan fingerprint density at radius 2 is 2.00 bits per heavy atom. The molecule has 2 heterocycles. The summed E-state index contributed by atoms with van der Waals surface area (Å²) in [5, 5.41) is 2.78. The minimum atomic E-state index is -0.643. The van der Waals surface area contributed by atoms with E-state index in [1.165, 1.54) is 17.2 Å². The van der Waals surface area contributed by atoms with Crippen molar-refractivity contribution in [2.24, 2.45) is 0 Å². The molecule has 0 fully saturated rings. The highest BCUT2D eigenvalue weighted by molar-refractivity contribution is 5.97. The van der Waals surface area contributed by atoms with E-state index in [-0.39, 0.29) is 17.4 Å². The predicted molar refractivity (Wildman–Crippen MR) is 86.7 cm³/mol. The SMILES string of the molecule is CCNC(=O)[C@H]1Cc2ccccc2CN1C(=O)c1ccc(F)nc1. The third kappa shape index (κ3) is 3.13. The van der Waals surface area contributed by atoms with Crippen LogP contribution < -0.4 is 5.32 Å². The van der Waals surface area contributed by atoms with Gasteiger partial charge in [0.1, 0.15) is 6.04 Å². The van der Waals surface area contributed by atoms with E-state index in [2.05, 4.69) is 10.3 Å². The topological polar surface area (TPSA) is 62.3 Å². The van der Waals surface area contributed by atoms with Crippen molar-refractivity contribution in [3.05, 3.63) is 65.2 Å². The molecule has 1 aliphatic rings. The molecule has 6 heteroatoms.